The van der Waals surface area contributed by atoms with E-state index in [1.54, 1.807) is 17.4 Å². The van der Waals surface area contributed by atoms with Gasteiger partial charge in [-0.3, -0.25) is 4.79 Å². The van der Waals surface area contributed by atoms with Gasteiger partial charge in [-0.15, -0.1) is 11.3 Å². The van der Waals surface area contributed by atoms with Gasteiger partial charge in [0.1, 0.15) is 12.4 Å². The second-order valence-corrected chi connectivity index (χ2v) is 7.14. The smallest absolute Gasteiger partial charge is 0.225 e. The van der Waals surface area contributed by atoms with E-state index in [9.17, 15) is 4.79 Å². The van der Waals surface area contributed by atoms with Gasteiger partial charge in [-0.2, -0.15) is 0 Å². The number of anilines is 1. The first-order valence-electron chi connectivity index (χ1n) is 8.56. The number of nitrogens with one attached hydrogen (secondary N) is 1. The topological polar surface area (TPSA) is 38.3 Å². The average molecular weight is 361 g/mol. The van der Waals surface area contributed by atoms with Gasteiger partial charge in [0.15, 0.2) is 0 Å². The van der Waals surface area contributed by atoms with Gasteiger partial charge in [0, 0.05) is 28.2 Å². The molecule has 0 unspecified atom stereocenters. The van der Waals surface area contributed by atoms with Gasteiger partial charge >= 0.3 is 0 Å². The minimum Gasteiger partial charge on any atom is -0.490 e. The summed E-state index contributed by atoms with van der Waals surface area (Å²) in [6.45, 7) is 4.15. The van der Waals surface area contributed by atoms with Gasteiger partial charge in [-0.1, -0.05) is 55.1 Å². The molecule has 1 aliphatic rings. The summed E-state index contributed by atoms with van der Waals surface area (Å²) in [7, 11) is 0. The number of carbonyl (C=O) groups is 1. The molecular weight excluding hydrogens is 342 g/mol. The Hall–Kier alpha value is -2.85. The van der Waals surface area contributed by atoms with Crippen LogP contribution in [0.1, 0.15) is 22.8 Å². The number of amides is 1. The molecule has 0 saturated carbocycles. The molecule has 2 heterocycles. The molecule has 3 aromatic rings. The molecule has 4 rings (SSSR count). The molecule has 0 bridgehead atoms. The van der Waals surface area contributed by atoms with Crippen molar-refractivity contribution in [2.45, 2.75) is 12.3 Å². The molecule has 0 fully saturated rings. The van der Waals surface area contributed by atoms with Crippen LogP contribution >= 0.6 is 11.3 Å². The number of hydrogen-bond donors (Lipinski definition) is 1. The van der Waals surface area contributed by atoms with Crippen LogP contribution in [-0.2, 0) is 4.79 Å². The highest BCUT2D eigenvalue weighted by Crippen LogP contribution is 2.46. The minimum atomic E-state index is 0.0602. The molecule has 0 radical (unpaired) electrons. The van der Waals surface area contributed by atoms with Gasteiger partial charge in [-0.05, 0) is 23.3 Å². The van der Waals surface area contributed by atoms with E-state index in [-0.39, 0.29) is 11.8 Å². The van der Waals surface area contributed by atoms with E-state index in [4.69, 9.17) is 4.74 Å². The third kappa shape index (κ3) is 3.16. The minimum absolute atomic E-state index is 0.0602. The number of fused-ring (bicyclic) bond motifs is 1. The third-order valence-corrected chi connectivity index (χ3v) is 5.62. The summed E-state index contributed by atoms with van der Waals surface area (Å²) in [4.78, 5) is 13.6. The molecule has 1 amide bonds. The summed E-state index contributed by atoms with van der Waals surface area (Å²) < 4.78 is 5.56. The normalized spacial score (nSPS) is 15.8. The summed E-state index contributed by atoms with van der Waals surface area (Å²) in [5.41, 5.74) is 4.30. The Morgan fingerprint density at radius 1 is 1.15 bits per heavy atom. The predicted molar refractivity (Wildman–Crippen MR) is 107 cm³/mol. The van der Waals surface area contributed by atoms with Gasteiger partial charge in [0.05, 0.1) is 5.69 Å². The maximum atomic E-state index is 12.4. The van der Waals surface area contributed by atoms with Crippen LogP contribution in [0, 0.1) is 0 Å². The van der Waals surface area contributed by atoms with Gasteiger partial charge in [0.25, 0.3) is 0 Å². The summed E-state index contributed by atoms with van der Waals surface area (Å²) in [5, 5.41) is 5.22. The first-order valence-corrected chi connectivity index (χ1v) is 9.44. The second kappa shape index (κ2) is 7.18. The fraction of sp³-hybridized carbons (Fsp3) is 0.136. The van der Waals surface area contributed by atoms with Gasteiger partial charge in [-0.25, -0.2) is 0 Å². The van der Waals surface area contributed by atoms with Gasteiger partial charge in [0.2, 0.25) is 5.91 Å². The monoisotopic (exact) mass is 361 g/mol. The molecule has 0 saturated heterocycles. The zero-order chi connectivity index (χ0) is 17.9. The lowest BCUT2D eigenvalue weighted by molar-refractivity contribution is -0.116. The molecule has 1 aliphatic heterocycles. The second-order valence-electron chi connectivity index (χ2n) is 6.23. The van der Waals surface area contributed by atoms with E-state index in [0.29, 0.717) is 13.0 Å². The van der Waals surface area contributed by atoms with Crippen molar-refractivity contribution in [3.63, 3.8) is 0 Å². The molecular formula is C22H19NO2S. The van der Waals surface area contributed by atoms with Crippen LogP contribution in [0.2, 0.25) is 0 Å². The molecule has 26 heavy (non-hydrogen) atoms. The highest BCUT2D eigenvalue weighted by molar-refractivity contribution is 7.11. The molecule has 0 aliphatic carbocycles. The Morgan fingerprint density at radius 3 is 2.65 bits per heavy atom. The maximum absolute atomic E-state index is 12.4. The van der Waals surface area contributed by atoms with E-state index in [0.717, 1.165) is 28.1 Å². The molecule has 1 aromatic heterocycles. The standard InChI is InChI=1S/C22H19NO2S/c1-2-12-25-17-10-8-16(9-11-17)18-13-20(24)23-21-19(14-26-22(18)21)15-6-4-3-5-7-15/h2-11,14,18H,1,12-13H2,(H,23,24)/t18-/m0/s1. The van der Waals surface area contributed by atoms with Crippen molar-refractivity contribution in [3.8, 4) is 16.9 Å². The highest BCUT2D eigenvalue weighted by Gasteiger charge is 2.30. The lowest BCUT2D eigenvalue weighted by Crippen LogP contribution is -2.22. The lowest BCUT2D eigenvalue weighted by Gasteiger charge is -2.24. The van der Waals surface area contributed by atoms with Crippen LogP contribution in [0.15, 0.2) is 72.6 Å². The van der Waals surface area contributed by atoms with Crippen molar-refractivity contribution >= 4 is 22.9 Å². The van der Waals surface area contributed by atoms with Crippen molar-refractivity contribution in [2.75, 3.05) is 11.9 Å². The van der Waals surface area contributed by atoms with Crippen molar-refractivity contribution in [3.05, 3.63) is 83.1 Å². The van der Waals surface area contributed by atoms with E-state index in [2.05, 4.69) is 29.4 Å². The van der Waals surface area contributed by atoms with Crippen LogP contribution in [0.5, 0.6) is 5.75 Å². The number of ether oxygens (including phenoxy) is 1. The number of thiophene rings is 1. The van der Waals surface area contributed by atoms with Crippen LogP contribution in [0.25, 0.3) is 11.1 Å². The number of carbonyl (C=O) groups excluding carboxylic acids is 1. The SMILES string of the molecule is C=CCOc1ccc([C@@H]2CC(=O)Nc3c(-c4ccccc4)csc32)cc1. The Morgan fingerprint density at radius 2 is 1.92 bits per heavy atom. The summed E-state index contributed by atoms with van der Waals surface area (Å²) >= 11 is 1.71. The Labute approximate surface area is 157 Å². The zero-order valence-electron chi connectivity index (χ0n) is 14.3. The molecule has 1 N–H and O–H groups in total. The average Bonchev–Trinajstić information content (AvgIpc) is 3.10. The van der Waals surface area contributed by atoms with Crippen molar-refractivity contribution in [2.24, 2.45) is 0 Å². The molecule has 4 heteroatoms. The summed E-state index contributed by atoms with van der Waals surface area (Å²) in [6, 6.07) is 18.2. The van der Waals surface area contributed by atoms with E-state index >= 15 is 0 Å². The highest BCUT2D eigenvalue weighted by atomic mass is 32.1. The molecule has 3 nitrogen and oxygen atoms in total. The third-order valence-electron chi connectivity index (χ3n) is 4.53. The zero-order valence-corrected chi connectivity index (χ0v) is 15.1. The summed E-state index contributed by atoms with van der Waals surface area (Å²) in [6.07, 6.45) is 2.19. The summed E-state index contributed by atoms with van der Waals surface area (Å²) in [5.74, 6) is 0.949. The quantitative estimate of drug-likeness (QED) is 0.613. The molecule has 1 atom stereocenters. The maximum Gasteiger partial charge on any atom is 0.225 e. The fourth-order valence-corrected chi connectivity index (χ4v) is 4.44. The van der Waals surface area contributed by atoms with E-state index < -0.39 is 0 Å². The Bertz CT molecular complexity index is 929. The number of rotatable bonds is 5. The largest absolute Gasteiger partial charge is 0.490 e. The van der Waals surface area contributed by atoms with Crippen LogP contribution in [0.3, 0.4) is 0 Å². The van der Waals surface area contributed by atoms with Crippen LogP contribution in [0.4, 0.5) is 5.69 Å². The van der Waals surface area contributed by atoms with Crippen molar-refractivity contribution < 1.29 is 9.53 Å². The first-order chi connectivity index (χ1) is 12.8. The first kappa shape index (κ1) is 16.6. The Balaban J connectivity index is 1.69. The fourth-order valence-electron chi connectivity index (χ4n) is 3.28. The van der Waals surface area contributed by atoms with E-state index in [1.165, 1.54) is 4.88 Å². The predicted octanol–water partition coefficient (Wildman–Crippen LogP) is 5.45. The Kier molecular flexibility index (Phi) is 4.59. The van der Waals surface area contributed by atoms with Gasteiger partial charge < -0.3 is 10.1 Å². The van der Waals surface area contributed by atoms with Crippen molar-refractivity contribution in [1.82, 2.24) is 0 Å². The van der Waals surface area contributed by atoms with Crippen LogP contribution < -0.4 is 10.1 Å². The number of hydrogen-bond acceptors (Lipinski definition) is 3. The van der Waals surface area contributed by atoms with E-state index in [1.807, 2.05) is 42.5 Å². The number of benzene rings is 2. The van der Waals surface area contributed by atoms with Crippen molar-refractivity contribution in [1.29, 1.82) is 0 Å². The lowest BCUT2D eigenvalue weighted by atomic mass is 9.89. The van der Waals surface area contributed by atoms with Crippen LogP contribution in [-0.4, -0.2) is 12.5 Å². The molecule has 130 valence electrons. The molecule has 0 spiro atoms. The molecule has 2 aromatic carbocycles.